The fourth-order valence-corrected chi connectivity index (χ4v) is 1.47. The maximum atomic E-state index is 11.1. The first kappa shape index (κ1) is 10.8. The lowest BCUT2D eigenvalue weighted by molar-refractivity contribution is -0.118. The quantitative estimate of drug-likeness (QED) is 0.657. The van der Waals surface area contributed by atoms with Crippen LogP contribution >= 0.6 is 15.9 Å². The third kappa shape index (κ3) is 2.46. The molecule has 1 aromatic rings. The summed E-state index contributed by atoms with van der Waals surface area (Å²) in [6, 6.07) is 6.96. The number of imide groups is 1. The Bertz CT molecular complexity index is 456. The van der Waals surface area contributed by atoms with Crippen LogP contribution in [-0.4, -0.2) is 29.7 Å². The number of nitrogens with zero attached hydrogens (tertiary/aromatic N) is 2. The molecule has 6 heteroatoms. The van der Waals surface area contributed by atoms with E-state index in [1.807, 2.05) is 24.3 Å². The SMILES string of the molecule is O=C1CN(/N=C/c2ccc(Br)cc2)C(=O)N1. The Kier molecular flexibility index (Phi) is 3.00. The summed E-state index contributed by atoms with van der Waals surface area (Å²) < 4.78 is 0.971. The molecule has 0 atom stereocenters. The summed E-state index contributed by atoms with van der Waals surface area (Å²) in [5, 5.41) is 7.14. The van der Waals surface area contributed by atoms with E-state index in [2.05, 4.69) is 26.3 Å². The lowest BCUT2D eigenvalue weighted by Crippen LogP contribution is -2.24. The molecule has 1 aliphatic heterocycles. The van der Waals surface area contributed by atoms with E-state index in [0.717, 1.165) is 15.0 Å². The predicted octanol–water partition coefficient (Wildman–Crippen LogP) is 1.33. The molecule has 1 aliphatic rings. The first-order valence-electron chi connectivity index (χ1n) is 4.56. The minimum Gasteiger partial charge on any atom is -0.275 e. The highest BCUT2D eigenvalue weighted by molar-refractivity contribution is 9.10. The van der Waals surface area contributed by atoms with Gasteiger partial charge in [0.25, 0.3) is 0 Å². The second-order valence-corrected chi connectivity index (χ2v) is 4.12. The van der Waals surface area contributed by atoms with Gasteiger partial charge in [0, 0.05) is 4.47 Å². The Morgan fingerprint density at radius 2 is 2.00 bits per heavy atom. The molecular formula is C10H8BrN3O2. The standard InChI is InChI=1S/C10H8BrN3O2/c11-8-3-1-7(2-4-8)5-12-14-6-9(15)13-10(14)16/h1-5H,6H2,(H,13,15,16)/b12-5+. The Morgan fingerprint density at radius 3 is 2.56 bits per heavy atom. The highest BCUT2D eigenvalue weighted by Crippen LogP contribution is 2.09. The molecule has 5 nitrogen and oxygen atoms in total. The normalized spacial score (nSPS) is 15.9. The smallest absolute Gasteiger partial charge is 0.275 e. The highest BCUT2D eigenvalue weighted by atomic mass is 79.9. The molecule has 0 radical (unpaired) electrons. The molecule has 1 saturated heterocycles. The van der Waals surface area contributed by atoms with Gasteiger partial charge in [-0.2, -0.15) is 5.10 Å². The van der Waals surface area contributed by atoms with Gasteiger partial charge in [-0.3, -0.25) is 10.1 Å². The molecule has 0 bridgehead atoms. The van der Waals surface area contributed by atoms with Crippen molar-refractivity contribution in [3.05, 3.63) is 34.3 Å². The number of carbonyl (C=O) groups excluding carboxylic acids is 2. The summed E-state index contributed by atoms with van der Waals surface area (Å²) in [6.45, 7) is -0.0220. The van der Waals surface area contributed by atoms with Crippen molar-refractivity contribution >= 4 is 34.1 Å². The zero-order chi connectivity index (χ0) is 11.5. The number of hydrogen-bond donors (Lipinski definition) is 1. The summed E-state index contributed by atoms with van der Waals surface area (Å²) in [6.07, 6.45) is 1.53. The fourth-order valence-electron chi connectivity index (χ4n) is 1.21. The summed E-state index contributed by atoms with van der Waals surface area (Å²) in [5.74, 6) is -0.335. The average molecular weight is 282 g/mol. The topological polar surface area (TPSA) is 61.8 Å². The fraction of sp³-hybridized carbons (Fsp3) is 0.100. The molecule has 1 fully saturated rings. The van der Waals surface area contributed by atoms with E-state index in [1.165, 1.54) is 6.21 Å². The number of nitrogens with one attached hydrogen (secondary N) is 1. The Labute approximate surface area is 100 Å². The lowest BCUT2D eigenvalue weighted by Gasteiger charge is -2.03. The van der Waals surface area contributed by atoms with Crippen LogP contribution in [0.2, 0.25) is 0 Å². The first-order valence-corrected chi connectivity index (χ1v) is 5.35. The van der Waals surface area contributed by atoms with E-state index in [0.29, 0.717) is 0 Å². The van der Waals surface area contributed by atoms with E-state index in [1.54, 1.807) is 0 Å². The Morgan fingerprint density at radius 1 is 1.31 bits per heavy atom. The van der Waals surface area contributed by atoms with Crippen LogP contribution in [0.15, 0.2) is 33.8 Å². The molecule has 0 aliphatic carbocycles. The van der Waals surface area contributed by atoms with Gasteiger partial charge in [0.05, 0.1) is 6.21 Å². The van der Waals surface area contributed by atoms with Gasteiger partial charge in [0.2, 0.25) is 5.91 Å². The number of urea groups is 1. The van der Waals surface area contributed by atoms with Crippen LogP contribution in [0.3, 0.4) is 0 Å². The third-order valence-electron chi connectivity index (χ3n) is 1.99. The molecule has 0 aromatic heterocycles. The van der Waals surface area contributed by atoms with Gasteiger partial charge < -0.3 is 0 Å². The molecule has 1 N–H and O–H groups in total. The third-order valence-corrected chi connectivity index (χ3v) is 2.52. The second-order valence-electron chi connectivity index (χ2n) is 3.21. The monoisotopic (exact) mass is 281 g/mol. The summed E-state index contributed by atoms with van der Waals surface area (Å²) in [4.78, 5) is 22.0. The summed E-state index contributed by atoms with van der Waals surface area (Å²) >= 11 is 3.32. The van der Waals surface area contributed by atoms with Crippen LogP contribution in [0.5, 0.6) is 0 Å². The molecule has 0 spiro atoms. The number of hydrogen-bond acceptors (Lipinski definition) is 3. The Hall–Kier alpha value is -1.69. The van der Waals surface area contributed by atoms with E-state index < -0.39 is 6.03 Å². The number of amides is 3. The highest BCUT2D eigenvalue weighted by Gasteiger charge is 2.25. The molecule has 0 saturated carbocycles. The van der Waals surface area contributed by atoms with Crippen LogP contribution < -0.4 is 5.32 Å². The molecular weight excluding hydrogens is 274 g/mol. The molecule has 16 heavy (non-hydrogen) atoms. The van der Waals surface area contributed by atoms with Gasteiger partial charge in [-0.25, -0.2) is 9.80 Å². The van der Waals surface area contributed by atoms with E-state index in [-0.39, 0.29) is 12.5 Å². The Balaban J connectivity index is 2.07. The number of carbonyl (C=O) groups is 2. The van der Waals surface area contributed by atoms with Gasteiger partial charge in [0.15, 0.2) is 0 Å². The largest absolute Gasteiger partial charge is 0.344 e. The van der Waals surface area contributed by atoms with Crippen molar-refractivity contribution in [2.24, 2.45) is 5.10 Å². The van der Waals surface area contributed by atoms with Crippen LogP contribution in [0.25, 0.3) is 0 Å². The van der Waals surface area contributed by atoms with Crippen molar-refractivity contribution in [2.75, 3.05) is 6.54 Å². The van der Waals surface area contributed by atoms with Crippen molar-refractivity contribution < 1.29 is 9.59 Å². The molecule has 2 rings (SSSR count). The van der Waals surface area contributed by atoms with Crippen molar-refractivity contribution in [1.29, 1.82) is 0 Å². The van der Waals surface area contributed by atoms with E-state index in [4.69, 9.17) is 0 Å². The molecule has 0 unspecified atom stereocenters. The summed E-state index contributed by atoms with van der Waals surface area (Å²) in [5.41, 5.74) is 0.857. The van der Waals surface area contributed by atoms with Gasteiger partial charge in [0.1, 0.15) is 6.54 Å². The van der Waals surface area contributed by atoms with Crippen molar-refractivity contribution in [3.8, 4) is 0 Å². The maximum absolute atomic E-state index is 11.1. The van der Waals surface area contributed by atoms with E-state index in [9.17, 15) is 9.59 Å². The van der Waals surface area contributed by atoms with Crippen molar-refractivity contribution in [1.82, 2.24) is 10.3 Å². The molecule has 3 amide bonds. The van der Waals surface area contributed by atoms with Crippen molar-refractivity contribution in [3.63, 3.8) is 0 Å². The molecule has 82 valence electrons. The van der Waals surface area contributed by atoms with Gasteiger partial charge in [-0.05, 0) is 17.7 Å². The van der Waals surface area contributed by atoms with Gasteiger partial charge in [-0.15, -0.1) is 0 Å². The van der Waals surface area contributed by atoms with E-state index >= 15 is 0 Å². The molecule has 1 aromatic carbocycles. The zero-order valence-electron chi connectivity index (χ0n) is 8.18. The first-order chi connectivity index (χ1) is 7.65. The van der Waals surface area contributed by atoms with Crippen LogP contribution in [0, 0.1) is 0 Å². The number of rotatable bonds is 2. The minimum atomic E-state index is -0.488. The number of benzene rings is 1. The van der Waals surface area contributed by atoms with Crippen LogP contribution in [0.1, 0.15) is 5.56 Å². The lowest BCUT2D eigenvalue weighted by atomic mass is 10.2. The zero-order valence-corrected chi connectivity index (χ0v) is 9.77. The summed E-state index contributed by atoms with van der Waals surface area (Å²) in [7, 11) is 0. The van der Waals surface area contributed by atoms with Gasteiger partial charge in [-0.1, -0.05) is 28.1 Å². The molecule has 1 heterocycles. The van der Waals surface area contributed by atoms with Crippen LogP contribution in [-0.2, 0) is 4.79 Å². The minimum absolute atomic E-state index is 0.0220. The van der Waals surface area contributed by atoms with Gasteiger partial charge >= 0.3 is 6.03 Å². The van der Waals surface area contributed by atoms with Crippen molar-refractivity contribution in [2.45, 2.75) is 0 Å². The number of hydrazone groups is 1. The maximum Gasteiger partial charge on any atom is 0.344 e. The number of halogens is 1. The second kappa shape index (κ2) is 4.44. The predicted molar refractivity (Wildman–Crippen MR) is 62.0 cm³/mol. The van der Waals surface area contributed by atoms with Crippen LogP contribution in [0.4, 0.5) is 4.79 Å². The average Bonchev–Trinajstić information content (AvgIpc) is 2.57.